The normalized spacial score (nSPS) is 18.4. The Morgan fingerprint density at radius 2 is 2.50 bits per heavy atom. The van der Waals surface area contributed by atoms with Gasteiger partial charge in [0.15, 0.2) is 0 Å². The number of nitrogens with one attached hydrogen (secondary N) is 2. The van der Waals surface area contributed by atoms with Crippen molar-refractivity contribution in [2.24, 2.45) is 0 Å². The summed E-state index contributed by atoms with van der Waals surface area (Å²) >= 11 is 0. The summed E-state index contributed by atoms with van der Waals surface area (Å²) in [5, 5.41) is 15.1. The van der Waals surface area contributed by atoms with Crippen molar-refractivity contribution in [1.29, 1.82) is 0 Å². The molecule has 0 aromatic heterocycles. The van der Waals surface area contributed by atoms with E-state index in [2.05, 4.69) is 10.6 Å². The number of aliphatic hydroxyl groups is 1. The van der Waals surface area contributed by atoms with Crippen LogP contribution in [-0.4, -0.2) is 54.9 Å². The third kappa shape index (κ3) is 3.51. The SMILES string of the molecule is CCC(O)CNCCN1CCNC1=O. The Hall–Kier alpha value is -0.810. The van der Waals surface area contributed by atoms with Crippen molar-refractivity contribution in [2.75, 3.05) is 32.7 Å². The molecule has 1 saturated heterocycles. The molecule has 0 saturated carbocycles. The molecule has 1 unspecified atom stereocenters. The molecule has 5 heteroatoms. The zero-order chi connectivity index (χ0) is 10.4. The molecule has 0 radical (unpaired) electrons. The highest BCUT2D eigenvalue weighted by atomic mass is 16.3. The lowest BCUT2D eigenvalue weighted by Crippen LogP contribution is -2.36. The standard InChI is InChI=1S/C9H19N3O2/c1-2-8(13)7-10-3-5-12-6-4-11-9(12)14/h8,10,13H,2-7H2,1H3,(H,11,14). The van der Waals surface area contributed by atoms with E-state index in [1.165, 1.54) is 0 Å². The Bertz CT molecular complexity index is 187. The third-order valence-electron chi connectivity index (χ3n) is 2.35. The highest BCUT2D eigenvalue weighted by molar-refractivity contribution is 5.76. The molecular formula is C9H19N3O2. The molecule has 0 spiro atoms. The van der Waals surface area contributed by atoms with Gasteiger partial charge in [0.2, 0.25) is 0 Å². The fourth-order valence-electron chi connectivity index (χ4n) is 1.35. The predicted molar refractivity (Wildman–Crippen MR) is 54.1 cm³/mol. The zero-order valence-electron chi connectivity index (χ0n) is 8.62. The van der Waals surface area contributed by atoms with Gasteiger partial charge in [-0.2, -0.15) is 0 Å². The predicted octanol–water partition coefficient (Wildman–Crippen LogP) is -0.628. The van der Waals surface area contributed by atoms with E-state index in [1.54, 1.807) is 4.90 Å². The Balaban J connectivity index is 2.01. The van der Waals surface area contributed by atoms with Crippen LogP contribution in [0.1, 0.15) is 13.3 Å². The average Bonchev–Trinajstić information content (AvgIpc) is 2.58. The van der Waals surface area contributed by atoms with Crippen molar-refractivity contribution in [3.05, 3.63) is 0 Å². The Kier molecular flexibility index (Phi) is 4.69. The van der Waals surface area contributed by atoms with Crippen molar-refractivity contribution >= 4 is 6.03 Å². The minimum Gasteiger partial charge on any atom is -0.392 e. The fraction of sp³-hybridized carbons (Fsp3) is 0.889. The van der Waals surface area contributed by atoms with E-state index in [0.29, 0.717) is 13.1 Å². The van der Waals surface area contributed by atoms with Gasteiger partial charge < -0.3 is 20.6 Å². The second-order valence-electron chi connectivity index (χ2n) is 3.49. The van der Waals surface area contributed by atoms with Crippen LogP contribution in [0.3, 0.4) is 0 Å². The van der Waals surface area contributed by atoms with E-state index in [1.807, 2.05) is 6.92 Å². The summed E-state index contributed by atoms with van der Waals surface area (Å²) in [6.07, 6.45) is 0.486. The summed E-state index contributed by atoms with van der Waals surface area (Å²) in [7, 11) is 0. The number of aliphatic hydroxyl groups excluding tert-OH is 1. The Morgan fingerprint density at radius 1 is 1.71 bits per heavy atom. The zero-order valence-corrected chi connectivity index (χ0v) is 8.62. The molecule has 2 amide bonds. The van der Waals surface area contributed by atoms with Crippen molar-refractivity contribution in [2.45, 2.75) is 19.4 Å². The highest BCUT2D eigenvalue weighted by Crippen LogP contribution is 1.94. The lowest BCUT2D eigenvalue weighted by atomic mass is 10.3. The minimum absolute atomic E-state index is 0.0165. The maximum absolute atomic E-state index is 11.1. The van der Waals surface area contributed by atoms with Gasteiger partial charge in [0.05, 0.1) is 6.10 Å². The summed E-state index contributed by atoms with van der Waals surface area (Å²) in [5.74, 6) is 0. The summed E-state index contributed by atoms with van der Waals surface area (Å²) < 4.78 is 0. The van der Waals surface area contributed by atoms with Gasteiger partial charge in [-0.25, -0.2) is 4.79 Å². The lowest BCUT2D eigenvalue weighted by molar-refractivity contribution is 0.166. The maximum atomic E-state index is 11.1. The molecule has 1 fully saturated rings. The molecule has 0 aromatic carbocycles. The van der Waals surface area contributed by atoms with Crippen LogP contribution in [-0.2, 0) is 0 Å². The van der Waals surface area contributed by atoms with Crippen LogP contribution in [0.2, 0.25) is 0 Å². The van der Waals surface area contributed by atoms with Crippen LogP contribution in [0.5, 0.6) is 0 Å². The third-order valence-corrected chi connectivity index (χ3v) is 2.35. The van der Waals surface area contributed by atoms with E-state index in [-0.39, 0.29) is 12.1 Å². The molecule has 82 valence electrons. The van der Waals surface area contributed by atoms with Gasteiger partial charge in [0, 0.05) is 32.7 Å². The molecule has 3 N–H and O–H groups in total. The number of hydrogen-bond acceptors (Lipinski definition) is 3. The van der Waals surface area contributed by atoms with E-state index < -0.39 is 0 Å². The van der Waals surface area contributed by atoms with E-state index in [9.17, 15) is 9.90 Å². The van der Waals surface area contributed by atoms with Gasteiger partial charge in [-0.05, 0) is 6.42 Å². The molecule has 0 bridgehead atoms. The molecule has 1 heterocycles. The van der Waals surface area contributed by atoms with Crippen molar-refractivity contribution in [3.63, 3.8) is 0 Å². The van der Waals surface area contributed by atoms with Gasteiger partial charge in [0.25, 0.3) is 0 Å². The summed E-state index contributed by atoms with van der Waals surface area (Å²) in [6, 6.07) is 0.0165. The Labute approximate surface area is 84.5 Å². The molecule has 0 aromatic rings. The van der Waals surface area contributed by atoms with Crippen molar-refractivity contribution in [1.82, 2.24) is 15.5 Å². The van der Waals surface area contributed by atoms with Crippen molar-refractivity contribution < 1.29 is 9.90 Å². The van der Waals surface area contributed by atoms with Crippen molar-refractivity contribution in [3.8, 4) is 0 Å². The highest BCUT2D eigenvalue weighted by Gasteiger charge is 2.18. The van der Waals surface area contributed by atoms with E-state index >= 15 is 0 Å². The number of hydrogen-bond donors (Lipinski definition) is 3. The maximum Gasteiger partial charge on any atom is 0.317 e. The molecule has 5 nitrogen and oxygen atoms in total. The first-order chi connectivity index (χ1) is 6.74. The number of carbonyl (C=O) groups is 1. The van der Waals surface area contributed by atoms with Crippen LogP contribution in [0.4, 0.5) is 4.79 Å². The van der Waals surface area contributed by atoms with E-state index in [0.717, 1.165) is 26.1 Å². The van der Waals surface area contributed by atoms with Crippen LogP contribution < -0.4 is 10.6 Å². The number of urea groups is 1. The van der Waals surface area contributed by atoms with Crippen LogP contribution in [0.15, 0.2) is 0 Å². The topological polar surface area (TPSA) is 64.6 Å². The number of amides is 2. The monoisotopic (exact) mass is 201 g/mol. The second-order valence-corrected chi connectivity index (χ2v) is 3.49. The summed E-state index contributed by atoms with van der Waals surface area (Å²) in [5.41, 5.74) is 0. The quantitative estimate of drug-likeness (QED) is 0.501. The van der Waals surface area contributed by atoms with Gasteiger partial charge >= 0.3 is 6.03 Å². The first-order valence-electron chi connectivity index (χ1n) is 5.15. The molecule has 1 rings (SSSR count). The first kappa shape index (κ1) is 11.3. The largest absolute Gasteiger partial charge is 0.392 e. The van der Waals surface area contributed by atoms with Crippen LogP contribution in [0, 0.1) is 0 Å². The van der Waals surface area contributed by atoms with Crippen LogP contribution in [0.25, 0.3) is 0 Å². The molecule has 1 atom stereocenters. The number of carbonyl (C=O) groups excluding carboxylic acids is 1. The summed E-state index contributed by atoms with van der Waals surface area (Å²) in [6.45, 7) is 5.53. The molecule has 14 heavy (non-hydrogen) atoms. The molecule has 1 aliphatic heterocycles. The van der Waals surface area contributed by atoms with Crippen LogP contribution >= 0.6 is 0 Å². The van der Waals surface area contributed by atoms with Gasteiger partial charge in [-0.15, -0.1) is 0 Å². The number of nitrogens with zero attached hydrogens (tertiary/aromatic N) is 1. The minimum atomic E-state index is -0.276. The first-order valence-corrected chi connectivity index (χ1v) is 5.15. The Morgan fingerprint density at radius 3 is 3.07 bits per heavy atom. The molecule has 0 aliphatic carbocycles. The fourth-order valence-corrected chi connectivity index (χ4v) is 1.35. The lowest BCUT2D eigenvalue weighted by Gasteiger charge is -2.15. The van der Waals surface area contributed by atoms with E-state index in [4.69, 9.17) is 0 Å². The molecular weight excluding hydrogens is 182 g/mol. The summed E-state index contributed by atoms with van der Waals surface area (Å²) in [4.78, 5) is 12.9. The second kappa shape index (κ2) is 5.82. The van der Waals surface area contributed by atoms with Gasteiger partial charge in [0.1, 0.15) is 0 Å². The number of rotatable bonds is 6. The van der Waals surface area contributed by atoms with Gasteiger partial charge in [-0.3, -0.25) is 0 Å². The van der Waals surface area contributed by atoms with Gasteiger partial charge in [-0.1, -0.05) is 6.92 Å². The smallest absolute Gasteiger partial charge is 0.317 e. The molecule has 1 aliphatic rings. The average molecular weight is 201 g/mol.